The number of imide groups is 3. The van der Waals surface area contributed by atoms with Gasteiger partial charge in [0.15, 0.2) is 0 Å². The number of urea groups is 1. The van der Waals surface area contributed by atoms with Crippen LogP contribution < -0.4 is 21.1 Å². The number of thiazole rings is 1. The Balaban J connectivity index is 1.50. The Morgan fingerprint density at radius 1 is 1.08 bits per heavy atom. The molecular weight excluding hydrogens is 556 g/mol. The number of rotatable bonds is 5. The molecular formula is C22H18N6O7S3. The molecule has 2 aromatic heterocycles. The minimum atomic E-state index is -3.91. The maximum Gasteiger partial charge on any atom is 0.328 e. The highest BCUT2D eigenvalue weighted by molar-refractivity contribution is 8.00. The molecule has 196 valence electrons. The van der Waals surface area contributed by atoms with Gasteiger partial charge in [0.05, 0.1) is 15.8 Å². The standard InChI is InChI=1S/C22H18N6O7S3/c23-21(32)28-18(30)15-14(10-2-1-7-25-8-10)17-20(36-16(15)19(28)31)27(22(33)37-17)9-13(29)26-11-3-5-12(6-4-11)38(24,34)35/h1-8,14-16H,9H2,(H2,23,32)(H,26,29)(H2,24,34,35)/t14-,15?,16?/m0/s1. The summed E-state index contributed by atoms with van der Waals surface area (Å²) < 4.78 is 24.1. The largest absolute Gasteiger partial charge is 0.351 e. The van der Waals surface area contributed by atoms with Crippen LogP contribution >= 0.6 is 23.1 Å². The zero-order valence-corrected chi connectivity index (χ0v) is 21.6. The average molecular weight is 575 g/mol. The molecule has 38 heavy (non-hydrogen) atoms. The summed E-state index contributed by atoms with van der Waals surface area (Å²) in [4.78, 5) is 68.2. The van der Waals surface area contributed by atoms with E-state index < -0.39 is 62.3 Å². The SMILES string of the molecule is NC(=O)N1C(=O)C2Sc3c(sc(=O)n3CC(=O)Nc3ccc(S(N)(=O)=O)cc3)[C@@H](c3cccnc3)C2C1=O. The molecule has 0 bridgehead atoms. The maximum absolute atomic E-state index is 13.1. The van der Waals surface area contributed by atoms with Gasteiger partial charge in [0, 0.05) is 28.9 Å². The summed E-state index contributed by atoms with van der Waals surface area (Å²) in [6.07, 6.45) is 3.04. The van der Waals surface area contributed by atoms with Crippen molar-refractivity contribution in [2.24, 2.45) is 16.8 Å². The van der Waals surface area contributed by atoms with E-state index in [0.29, 0.717) is 20.4 Å². The Morgan fingerprint density at radius 2 is 1.79 bits per heavy atom. The van der Waals surface area contributed by atoms with Crippen LogP contribution in [0.5, 0.6) is 0 Å². The van der Waals surface area contributed by atoms with Gasteiger partial charge in [-0.25, -0.2) is 18.4 Å². The van der Waals surface area contributed by atoms with E-state index in [0.717, 1.165) is 23.1 Å². The number of primary amides is 1. The van der Waals surface area contributed by atoms with E-state index in [1.165, 1.54) is 41.2 Å². The molecule has 1 saturated heterocycles. The second kappa shape index (κ2) is 9.46. The van der Waals surface area contributed by atoms with Gasteiger partial charge in [-0.3, -0.25) is 28.7 Å². The van der Waals surface area contributed by atoms with E-state index in [9.17, 15) is 32.4 Å². The van der Waals surface area contributed by atoms with Crippen molar-refractivity contribution >= 4 is 62.6 Å². The van der Waals surface area contributed by atoms with E-state index in [1.807, 2.05) is 0 Å². The van der Waals surface area contributed by atoms with Crippen LogP contribution in [0.3, 0.4) is 0 Å². The second-order valence-corrected chi connectivity index (χ2v) is 12.1. The smallest absolute Gasteiger partial charge is 0.328 e. The molecule has 0 radical (unpaired) electrons. The number of anilines is 1. The lowest BCUT2D eigenvalue weighted by molar-refractivity contribution is -0.135. The van der Waals surface area contributed by atoms with Gasteiger partial charge in [0.1, 0.15) is 11.8 Å². The van der Waals surface area contributed by atoms with Gasteiger partial charge in [-0.1, -0.05) is 29.2 Å². The summed E-state index contributed by atoms with van der Waals surface area (Å²) in [5, 5.41) is 6.94. The van der Waals surface area contributed by atoms with Crippen LogP contribution in [0.25, 0.3) is 0 Å². The third-order valence-electron chi connectivity index (χ3n) is 6.08. The van der Waals surface area contributed by atoms with Gasteiger partial charge in [-0.05, 0) is 35.9 Å². The molecule has 0 aliphatic carbocycles. The second-order valence-electron chi connectivity index (χ2n) is 8.42. The molecule has 3 atom stereocenters. The Morgan fingerprint density at radius 3 is 2.39 bits per heavy atom. The molecule has 5 N–H and O–H groups in total. The van der Waals surface area contributed by atoms with Gasteiger partial charge in [0.2, 0.25) is 21.8 Å². The molecule has 16 heteroatoms. The summed E-state index contributed by atoms with van der Waals surface area (Å²) in [7, 11) is -3.91. The fraction of sp³-hybridized carbons (Fsp3) is 0.182. The number of amides is 5. The highest BCUT2D eigenvalue weighted by Gasteiger charge is 2.57. The first-order chi connectivity index (χ1) is 18.0. The Hall–Kier alpha value is -3.86. The number of sulfonamides is 1. The molecule has 0 spiro atoms. The summed E-state index contributed by atoms with van der Waals surface area (Å²) in [5.41, 5.74) is 6.13. The third kappa shape index (κ3) is 4.40. The topological polar surface area (TPSA) is 205 Å². The molecule has 5 amide bonds. The van der Waals surface area contributed by atoms with Crippen LogP contribution in [0.2, 0.25) is 0 Å². The van der Waals surface area contributed by atoms with Crippen LogP contribution in [-0.4, -0.2) is 51.9 Å². The van der Waals surface area contributed by atoms with Crippen LogP contribution in [-0.2, 0) is 31.0 Å². The first-order valence-electron chi connectivity index (χ1n) is 10.9. The van der Waals surface area contributed by atoms with Crippen LogP contribution in [0, 0.1) is 5.92 Å². The van der Waals surface area contributed by atoms with Crippen molar-refractivity contribution < 1.29 is 27.6 Å². The number of pyridine rings is 1. The van der Waals surface area contributed by atoms with Gasteiger partial charge in [-0.15, -0.1) is 0 Å². The van der Waals surface area contributed by atoms with Gasteiger partial charge in [0.25, 0.3) is 5.91 Å². The van der Waals surface area contributed by atoms with Gasteiger partial charge in [-0.2, -0.15) is 4.90 Å². The first kappa shape index (κ1) is 25.8. The predicted octanol–water partition coefficient (Wildman–Crippen LogP) is 0.261. The lowest BCUT2D eigenvalue weighted by Crippen LogP contribution is -2.41. The minimum absolute atomic E-state index is 0.133. The molecule has 0 saturated carbocycles. The summed E-state index contributed by atoms with van der Waals surface area (Å²) in [6.45, 7) is -0.423. The van der Waals surface area contributed by atoms with Gasteiger partial charge < -0.3 is 11.1 Å². The van der Waals surface area contributed by atoms with Crippen LogP contribution in [0.15, 0.2) is 63.5 Å². The number of likely N-dealkylation sites (tertiary alicyclic amines) is 1. The number of hydrogen-bond donors (Lipinski definition) is 3. The minimum Gasteiger partial charge on any atom is -0.351 e. The molecule has 3 aromatic rings. The van der Waals surface area contributed by atoms with Crippen molar-refractivity contribution in [3.05, 3.63) is 68.9 Å². The third-order valence-corrected chi connectivity index (χ3v) is 9.61. The van der Waals surface area contributed by atoms with E-state index in [-0.39, 0.29) is 10.6 Å². The zero-order valence-electron chi connectivity index (χ0n) is 19.1. The quantitative estimate of drug-likeness (QED) is 0.357. The molecule has 1 fully saturated rings. The summed E-state index contributed by atoms with van der Waals surface area (Å²) in [5.74, 6) is -3.90. The Bertz CT molecular complexity index is 1650. The maximum atomic E-state index is 13.1. The zero-order chi connectivity index (χ0) is 27.4. The fourth-order valence-electron chi connectivity index (χ4n) is 4.46. The van der Waals surface area contributed by atoms with Crippen molar-refractivity contribution in [2.75, 3.05) is 5.32 Å². The molecule has 2 unspecified atom stereocenters. The number of carbonyl (C=O) groups is 4. The fourth-order valence-corrected chi connectivity index (χ4v) is 7.75. The number of thioether (sulfide) groups is 1. The molecule has 2 aliphatic heterocycles. The average Bonchev–Trinajstić information content (AvgIpc) is 3.30. The van der Waals surface area contributed by atoms with E-state index in [4.69, 9.17) is 10.9 Å². The lowest BCUT2D eigenvalue weighted by atomic mass is 9.84. The van der Waals surface area contributed by atoms with Gasteiger partial charge >= 0.3 is 10.9 Å². The van der Waals surface area contributed by atoms with Crippen LogP contribution in [0.1, 0.15) is 16.4 Å². The number of primary sulfonamides is 1. The molecule has 13 nitrogen and oxygen atoms in total. The Labute approximate surface area is 222 Å². The number of benzene rings is 1. The van der Waals surface area contributed by atoms with Crippen molar-refractivity contribution in [3.8, 4) is 0 Å². The number of nitrogens with zero attached hydrogens (tertiary/aromatic N) is 3. The normalized spacial score (nSPS) is 20.7. The monoisotopic (exact) mass is 574 g/mol. The number of nitrogens with two attached hydrogens (primary N) is 2. The first-order valence-corrected chi connectivity index (χ1v) is 14.1. The van der Waals surface area contributed by atoms with E-state index >= 15 is 0 Å². The number of hydrogen-bond acceptors (Lipinski definition) is 10. The Kier molecular flexibility index (Phi) is 6.42. The number of carbonyl (C=O) groups excluding carboxylic acids is 4. The molecule has 4 heterocycles. The highest BCUT2D eigenvalue weighted by atomic mass is 32.2. The number of nitrogens with one attached hydrogen (secondary N) is 1. The summed E-state index contributed by atoms with van der Waals surface area (Å²) in [6, 6.07) is 7.31. The number of fused-ring (bicyclic) bond motifs is 2. The molecule has 1 aromatic carbocycles. The lowest BCUT2D eigenvalue weighted by Gasteiger charge is -2.30. The number of aromatic nitrogens is 2. The summed E-state index contributed by atoms with van der Waals surface area (Å²) >= 11 is 1.77. The molecule has 5 rings (SSSR count). The van der Waals surface area contributed by atoms with Crippen LogP contribution in [0.4, 0.5) is 10.5 Å². The van der Waals surface area contributed by atoms with Crippen molar-refractivity contribution in [2.45, 2.75) is 27.6 Å². The van der Waals surface area contributed by atoms with E-state index in [1.54, 1.807) is 12.1 Å². The molecule has 2 aliphatic rings. The van der Waals surface area contributed by atoms with Crippen molar-refractivity contribution in [1.29, 1.82) is 0 Å². The predicted molar refractivity (Wildman–Crippen MR) is 136 cm³/mol. The van der Waals surface area contributed by atoms with Crippen molar-refractivity contribution in [1.82, 2.24) is 14.5 Å². The van der Waals surface area contributed by atoms with E-state index in [2.05, 4.69) is 10.3 Å². The highest BCUT2D eigenvalue weighted by Crippen LogP contribution is 2.53. The van der Waals surface area contributed by atoms with Crippen molar-refractivity contribution in [3.63, 3.8) is 0 Å².